The van der Waals surface area contributed by atoms with Crippen molar-refractivity contribution in [3.63, 3.8) is 0 Å². The van der Waals surface area contributed by atoms with Crippen LogP contribution >= 0.6 is 23.2 Å². The molecule has 0 bridgehead atoms. The Morgan fingerprint density at radius 3 is 2.54 bits per heavy atom. The molecule has 7 nitrogen and oxygen atoms in total. The Morgan fingerprint density at radius 1 is 1.29 bits per heavy atom. The molecule has 0 spiro atoms. The summed E-state index contributed by atoms with van der Waals surface area (Å²) in [6, 6.07) is 5.06. The van der Waals surface area contributed by atoms with Crippen LogP contribution in [-0.2, 0) is 25.1 Å². The summed E-state index contributed by atoms with van der Waals surface area (Å²) in [4.78, 5) is 14.0. The van der Waals surface area contributed by atoms with Gasteiger partial charge in [0.15, 0.2) is 0 Å². The molecular formula is C18H26Cl2N2O5S. The number of hydrogen-bond acceptors (Lipinski definition) is 5. The van der Waals surface area contributed by atoms with Gasteiger partial charge in [0.05, 0.1) is 22.9 Å². The SMILES string of the molecule is CC(C)(C)OC(=O)N1CCOC(CNS(C)(=O)=O)(c2ccc(Cl)c(Cl)c2)CC1. The summed E-state index contributed by atoms with van der Waals surface area (Å²) in [5.41, 5.74) is -0.916. The van der Waals surface area contributed by atoms with Crippen LogP contribution in [0.15, 0.2) is 18.2 Å². The van der Waals surface area contributed by atoms with Crippen molar-refractivity contribution in [1.29, 1.82) is 0 Å². The number of benzene rings is 1. The van der Waals surface area contributed by atoms with Crippen molar-refractivity contribution < 1.29 is 22.7 Å². The molecule has 2 rings (SSSR count). The second-order valence-electron chi connectivity index (χ2n) is 7.78. The minimum absolute atomic E-state index is 0.00591. The standard InChI is InChI=1S/C18H26Cl2N2O5S/c1-17(2,3)27-16(23)22-8-7-18(26-10-9-22,12-21-28(4,24)25)13-5-6-14(19)15(20)11-13/h5-6,11,21H,7-10,12H2,1-4H3. The third-order valence-corrected chi connectivity index (χ3v) is 5.65. The lowest BCUT2D eigenvalue weighted by molar-refractivity contribution is -0.0388. The smallest absolute Gasteiger partial charge is 0.410 e. The van der Waals surface area contributed by atoms with Crippen LogP contribution in [0.1, 0.15) is 32.8 Å². The van der Waals surface area contributed by atoms with Crippen molar-refractivity contribution in [3.05, 3.63) is 33.8 Å². The van der Waals surface area contributed by atoms with Crippen molar-refractivity contribution >= 4 is 39.3 Å². The van der Waals surface area contributed by atoms with E-state index in [1.807, 2.05) is 0 Å². The number of nitrogens with zero attached hydrogens (tertiary/aromatic N) is 1. The zero-order chi connectivity index (χ0) is 21.2. The summed E-state index contributed by atoms with van der Waals surface area (Å²) in [7, 11) is -3.45. The van der Waals surface area contributed by atoms with E-state index in [-0.39, 0.29) is 13.2 Å². The number of sulfonamides is 1. The van der Waals surface area contributed by atoms with E-state index >= 15 is 0 Å². The number of nitrogens with one attached hydrogen (secondary N) is 1. The van der Waals surface area contributed by atoms with Gasteiger partial charge in [-0.05, 0) is 44.9 Å². The number of carbonyl (C=O) groups is 1. The van der Waals surface area contributed by atoms with E-state index in [4.69, 9.17) is 32.7 Å². The fraction of sp³-hybridized carbons (Fsp3) is 0.611. The third-order valence-electron chi connectivity index (χ3n) is 4.24. The Labute approximate surface area is 176 Å². The highest BCUT2D eigenvalue weighted by Crippen LogP contribution is 2.35. The first-order valence-electron chi connectivity index (χ1n) is 8.83. The summed E-state index contributed by atoms with van der Waals surface area (Å²) < 4.78 is 37.4. The fourth-order valence-electron chi connectivity index (χ4n) is 2.86. The summed E-state index contributed by atoms with van der Waals surface area (Å²) >= 11 is 12.2. The highest BCUT2D eigenvalue weighted by Gasteiger charge is 2.38. The zero-order valence-corrected chi connectivity index (χ0v) is 18.7. The molecule has 28 heavy (non-hydrogen) atoms. The molecule has 10 heteroatoms. The summed E-state index contributed by atoms with van der Waals surface area (Å²) in [6.45, 7) is 6.29. The molecule has 1 atom stereocenters. The van der Waals surface area contributed by atoms with Gasteiger partial charge in [-0.15, -0.1) is 0 Å². The minimum atomic E-state index is -3.45. The van der Waals surface area contributed by atoms with Crippen molar-refractivity contribution in [3.8, 4) is 0 Å². The van der Waals surface area contributed by atoms with E-state index in [2.05, 4.69) is 4.72 Å². The number of halogens is 2. The number of hydrogen-bond donors (Lipinski definition) is 1. The molecule has 1 aromatic carbocycles. The Kier molecular flexibility index (Phi) is 7.26. The first-order valence-corrected chi connectivity index (χ1v) is 11.5. The van der Waals surface area contributed by atoms with Gasteiger partial charge < -0.3 is 14.4 Å². The first kappa shape index (κ1) is 23.2. The van der Waals surface area contributed by atoms with Gasteiger partial charge in [-0.25, -0.2) is 17.9 Å². The van der Waals surface area contributed by atoms with E-state index in [0.29, 0.717) is 35.1 Å². The predicted octanol–water partition coefficient (Wildman–Crippen LogP) is 3.40. The molecule has 1 amide bonds. The van der Waals surface area contributed by atoms with Gasteiger partial charge in [0.2, 0.25) is 10.0 Å². The molecule has 1 N–H and O–H groups in total. The second kappa shape index (κ2) is 8.75. The van der Waals surface area contributed by atoms with Crippen LogP contribution in [0.4, 0.5) is 4.79 Å². The van der Waals surface area contributed by atoms with Gasteiger partial charge in [0.1, 0.15) is 11.2 Å². The van der Waals surface area contributed by atoms with Gasteiger partial charge in [-0.2, -0.15) is 0 Å². The molecule has 0 aromatic heterocycles. The molecule has 158 valence electrons. The van der Waals surface area contributed by atoms with Crippen molar-refractivity contribution in [1.82, 2.24) is 9.62 Å². The molecule has 1 heterocycles. The molecule has 1 aliphatic rings. The summed E-state index contributed by atoms with van der Waals surface area (Å²) in [5.74, 6) is 0. The lowest BCUT2D eigenvalue weighted by atomic mass is 9.90. The molecule has 0 radical (unpaired) electrons. The largest absolute Gasteiger partial charge is 0.444 e. The van der Waals surface area contributed by atoms with Gasteiger partial charge in [-0.3, -0.25) is 0 Å². The van der Waals surface area contributed by atoms with E-state index in [0.717, 1.165) is 6.26 Å². The highest BCUT2D eigenvalue weighted by atomic mass is 35.5. The van der Waals surface area contributed by atoms with E-state index in [1.54, 1.807) is 43.9 Å². The number of amides is 1. The average molecular weight is 453 g/mol. The van der Waals surface area contributed by atoms with Crippen LogP contribution < -0.4 is 4.72 Å². The molecule has 1 fully saturated rings. The summed E-state index contributed by atoms with van der Waals surface area (Å²) in [6.07, 6.45) is 1.00. The Hall–Kier alpha value is -1.06. The molecule has 1 aliphatic heterocycles. The lowest BCUT2D eigenvalue weighted by Crippen LogP contribution is -2.43. The monoisotopic (exact) mass is 452 g/mol. The average Bonchev–Trinajstić information content (AvgIpc) is 2.77. The topological polar surface area (TPSA) is 84.9 Å². The third kappa shape index (κ3) is 6.49. The van der Waals surface area contributed by atoms with Crippen LogP contribution in [0.25, 0.3) is 0 Å². The maximum atomic E-state index is 12.4. The summed E-state index contributed by atoms with van der Waals surface area (Å²) in [5, 5.41) is 0.732. The van der Waals surface area contributed by atoms with E-state index < -0.39 is 27.3 Å². The van der Waals surface area contributed by atoms with E-state index in [1.165, 1.54) is 0 Å². The molecule has 0 saturated carbocycles. The molecule has 1 saturated heterocycles. The van der Waals surface area contributed by atoms with Crippen molar-refractivity contribution in [2.24, 2.45) is 0 Å². The van der Waals surface area contributed by atoms with Gasteiger partial charge >= 0.3 is 6.09 Å². The van der Waals surface area contributed by atoms with E-state index in [9.17, 15) is 13.2 Å². The van der Waals surface area contributed by atoms with Gasteiger partial charge in [0.25, 0.3) is 0 Å². The molecule has 1 aromatic rings. The predicted molar refractivity (Wildman–Crippen MR) is 109 cm³/mol. The van der Waals surface area contributed by atoms with Gasteiger partial charge in [0, 0.05) is 19.6 Å². The number of ether oxygens (including phenoxy) is 2. The quantitative estimate of drug-likeness (QED) is 0.756. The van der Waals surface area contributed by atoms with Crippen LogP contribution in [0.5, 0.6) is 0 Å². The molecule has 1 unspecified atom stereocenters. The first-order chi connectivity index (χ1) is 12.8. The maximum Gasteiger partial charge on any atom is 0.410 e. The Bertz CT molecular complexity index is 826. The maximum absolute atomic E-state index is 12.4. The number of rotatable bonds is 4. The van der Waals surface area contributed by atoms with Crippen molar-refractivity contribution in [2.75, 3.05) is 32.5 Å². The fourth-order valence-corrected chi connectivity index (χ4v) is 3.65. The van der Waals surface area contributed by atoms with Crippen molar-refractivity contribution in [2.45, 2.75) is 38.4 Å². The van der Waals surface area contributed by atoms with Crippen LogP contribution in [0, 0.1) is 0 Å². The Morgan fingerprint density at radius 2 is 1.96 bits per heavy atom. The van der Waals surface area contributed by atoms with Crippen LogP contribution in [0.2, 0.25) is 10.0 Å². The normalized spacial score (nSPS) is 21.3. The molecular weight excluding hydrogens is 427 g/mol. The van der Waals surface area contributed by atoms with Crippen LogP contribution in [0.3, 0.4) is 0 Å². The zero-order valence-electron chi connectivity index (χ0n) is 16.4. The minimum Gasteiger partial charge on any atom is -0.444 e. The highest BCUT2D eigenvalue weighted by molar-refractivity contribution is 7.88. The number of carbonyl (C=O) groups excluding carboxylic acids is 1. The second-order valence-corrected chi connectivity index (χ2v) is 10.4. The van der Waals surface area contributed by atoms with Crippen LogP contribution in [-0.4, -0.2) is 57.5 Å². The lowest BCUT2D eigenvalue weighted by Gasteiger charge is -2.33. The molecule has 0 aliphatic carbocycles. The van der Waals surface area contributed by atoms with Gasteiger partial charge in [-0.1, -0.05) is 29.3 Å². The Balaban J connectivity index is 2.29.